The monoisotopic (exact) mass is 329 g/mol. The van der Waals surface area contributed by atoms with Gasteiger partial charge < -0.3 is 15.2 Å². The Morgan fingerprint density at radius 1 is 1.11 bits per heavy atom. The molecule has 19 heavy (non-hydrogen) atoms. The van der Waals surface area contributed by atoms with E-state index in [0.717, 1.165) is 34.6 Å². The zero-order valence-electron chi connectivity index (χ0n) is 11.9. The van der Waals surface area contributed by atoms with Crippen molar-refractivity contribution in [1.82, 2.24) is 0 Å². The van der Waals surface area contributed by atoms with Crippen LogP contribution in [0.4, 0.5) is 0 Å². The molecule has 0 amide bonds. The molecular weight excluding hydrogens is 306 g/mol. The highest BCUT2D eigenvalue weighted by Gasteiger charge is 2.11. The van der Waals surface area contributed by atoms with Crippen molar-refractivity contribution in [3.63, 3.8) is 0 Å². The van der Waals surface area contributed by atoms with E-state index in [9.17, 15) is 0 Å². The summed E-state index contributed by atoms with van der Waals surface area (Å²) in [5.41, 5.74) is 6.71. The Balaban J connectivity index is 2.68. The lowest BCUT2D eigenvalue weighted by molar-refractivity contribution is 0.269. The smallest absolute Gasteiger partial charge is 0.175 e. The van der Waals surface area contributed by atoms with Crippen molar-refractivity contribution in [1.29, 1.82) is 0 Å². The van der Waals surface area contributed by atoms with Crippen LogP contribution < -0.4 is 15.2 Å². The number of nitrogens with two attached hydrogens (primary N) is 1. The fraction of sp³-hybridized carbons (Fsp3) is 0.600. The molecule has 1 aromatic carbocycles. The average molecular weight is 330 g/mol. The molecule has 0 atom stereocenters. The first-order chi connectivity index (χ1) is 9.22. The summed E-state index contributed by atoms with van der Waals surface area (Å²) in [5, 5.41) is 0. The van der Waals surface area contributed by atoms with E-state index in [1.54, 1.807) is 0 Å². The van der Waals surface area contributed by atoms with Crippen molar-refractivity contribution in [2.75, 3.05) is 13.2 Å². The minimum absolute atomic E-state index is 0.495. The highest BCUT2D eigenvalue weighted by Crippen LogP contribution is 2.37. The molecule has 4 heteroatoms. The Labute approximate surface area is 124 Å². The van der Waals surface area contributed by atoms with Gasteiger partial charge in [0.25, 0.3) is 0 Å². The zero-order chi connectivity index (χ0) is 14.1. The molecule has 1 aromatic rings. The average Bonchev–Trinajstić information content (AvgIpc) is 2.41. The van der Waals surface area contributed by atoms with E-state index in [-0.39, 0.29) is 0 Å². The predicted molar refractivity (Wildman–Crippen MR) is 82.8 cm³/mol. The van der Waals surface area contributed by atoms with E-state index in [1.165, 1.54) is 19.3 Å². The maximum absolute atomic E-state index is 5.85. The summed E-state index contributed by atoms with van der Waals surface area (Å²) in [4.78, 5) is 0. The number of benzene rings is 1. The van der Waals surface area contributed by atoms with Gasteiger partial charge in [-0.3, -0.25) is 0 Å². The first-order valence-electron chi connectivity index (χ1n) is 7.01. The second-order valence-corrected chi connectivity index (χ2v) is 5.31. The normalized spacial score (nSPS) is 10.5. The summed E-state index contributed by atoms with van der Waals surface area (Å²) < 4.78 is 12.4. The molecule has 0 fully saturated rings. The van der Waals surface area contributed by atoms with Gasteiger partial charge in [-0.25, -0.2) is 0 Å². The van der Waals surface area contributed by atoms with E-state index in [2.05, 4.69) is 22.9 Å². The van der Waals surface area contributed by atoms with Crippen molar-refractivity contribution in [3.8, 4) is 11.5 Å². The predicted octanol–water partition coefficient (Wildman–Crippen LogP) is 4.27. The van der Waals surface area contributed by atoms with Crippen molar-refractivity contribution < 1.29 is 9.47 Å². The topological polar surface area (TPSA) is 44.5 Å². The van der Waals surface area contributed by atoms with Gasteiger partial charge in [0.2, 0.25) is 0 Å². The quantitative estimate of drug-likeness (QED) is 0.688. The van der Waals surface area contributed by atoms with Crippen LogP contribution >= 0.6 is 15.9 Å². The van der Waals surface area contributed by atoms with Gasteiger partial charge in [-0.05, 0) is 47.0 Å². The van der Waals surface area contributed by atoms with Gasteiger partial charge in [0, 0.05) is 6.54 Å². The lowest BCUT2D eigenvalue weighted by atomic mass is 10.2. The van der Waals surface area contributed by atoms with Crippen LogP contribution in [-0.4, -0.2) is 13.2 Å². The molecule has 0 bridgehead atoms. The number of halogens is 1. The van der Waals surface area contributed by atoms with Crippen molar-refractivity contribution in [2.24, 2.45) is 5.73 Å². The van der Waals surface area contributed by atoms with Gasteiger partial charge in [-0.1, -0.05) is 26.2 Å². The fourth-order valence-corrected chi connectivity index (χ4v) is 2.45. The number of ether oxygens (including phenoxy) is 2. The van der Waals surface area contributed by atoms with E-state index in [1.807, 2.05) is 19.1 Å². The molecule has 0 spiro atoms. The standard InChI is InChI=1S/C15H24BrNO2/c1-3-5-6-7-8-19-15-13(16)9-12(11-17)10-14(15)18-4-2/h9-10H,3-8,11,17H2,1-2H3. The van der Waals surface area contributed by atoms with E-state index in [0.29, 0.717) is 13.2 Å². The number of hydrogen-bond acceptors (Lipinski definition) is 3. The summed E-state index contributed by atoms with van der Waals surface area (Å²) in [6, 6.07) is 3.94. The third-order valence-corrected chi connectivity index (χ3v) is 3.44. The molecule has 1 rings (SSSR count). The molecule has 0 aliphatic heterocycles. The second-order valence-electron chi connectivity index (χ2n) is 4.45. The largest absolute Gasteiger partial charge is 0.490 e. The molecule has 3 nitrogen and oxygen atoms in total. The number of hydrogen-bond donors (Lipinski definition) is 1. The molecule has 0 aliphatic carbocycles. The highest BCUT2D eigenvalue weighted by molar-refractivity contribution is 9.10. The first-order valence-corrected chi connectivity index (χ1v) is 7.80. The van der Waals surface area contributed by atoms with Crippen LogP contribution in [0.2, 0.25) is 0 Å². The van der Waals surface area contributed by atoms with Crippen molar-refractivity contribution in [3.05, 3.63) is 22.2 Å². The molecule has 0 aromatic heterocycles. The van der Waals surface area contributed by atoms with Gasteiger partial charge >= 0.3 is 0 Å². The minimum Gasteiger partial charge on any atom is -0.490 e. The molecule has 0 saturated carbocycles. The molecular formula is C15H24BrNO2. The second kappa shape index (κ2) is 9.21. The van der Waals surface area contributed by atoms with Gasteiger partial charge in [0.05, 0.1) is 17.7 Å². The third kappa shape index (κ3) is 5.41. The Hall–Kier alpha value is -0.740. The van der Waals surface area contributed by atoms with Crippen LogP contribution in [-0.2, 0) is 6.54 Å². The summed E-state index contributed by atoms with van der Waals surface area (Å²) in [7, 11) is 0. The Morgan fingerprint density at radius 2 is 1.89 bits per heavy atom. The van der Waals surface area contributed by atoms with Crippen molar-refractivity contribution in [2.45, 2.75) is 46.1 Å². The van der Waals surface area contributed by atoms with Gasteiger partial charge in [0.15, 0.2) is 11.5 Å². The minimum atomic E-state index is 0.495. The highest BCUT2D eigenvalue weighted by atomic mass is 79.9. The maximum atomic E-state index is 5.85. The Bertz CT molecular complexity index is 383. The molecule has 0 heterocycles. The molecule has 2 N–H and O–H groups in total. The number of rotatable bonds is 9. The maximum Gasteiger partial charge on any atom is 0.175 e. The fourth-order valence-electron chi connectivity index (χ4n) is 1.85. The van der Waals surface area contributed by atoms with Crippen LogP contribution in [0.25, 0.3) is 0 Å². The van der Waals surface area contributed by atoms with Gasteiger partial charge in [0.1, 0.15) is 0 Å². The van der Waals surface area contributed by atoms with Gasteiger partial charge in [-0.15, -0.1) is 0 Å². The molecule has 0 saturated heterocycles. The van der Waals surface area contributed by atoms with E-state index in [4.69, 9.17) is 15.2 Å². The zero-order valence-corrected chi connectivity index (χ0v) is 13.5. The number of unbranched alkanes of at least 4 members (excludes halogenated alkanes) is 3. The van der Waals surface area contributed by atoms with Crippen LogP contribution in [0.1, 0.15) is 45.1 Å². The van der Waals surface area contributed by atoms with Gasteiger partial charge in [-0.2, -0.15) is 0 Å². The molecule has 0 unspecified atom stereocenters. The van der Waals surface area contributed by atoms with Crippen LogP contribution in [0.3, 0.4) is 0 Å². The Morgan fingerprint density at radius 3 is 2.53 bits per heavy atom. The van der Waals surface area contributed by atoms with Crippen LogP contribution in [0.15, 0.2) is 16.6 Å². The van der Waals surface area contributed by atoms with Crippen molar-refractivity contribution >= 4 is 15.9 Å². The SMILES string of the molecule is CCCCCCOc1c(Br)cc(CN)cc1OCC. The van der Waals surface area contributed by atoms with Crippen LogP contribution in [0, 0.1) is 0 Å². The lowest BCUT2D eigenvalue weighted by Crippen LogP contribution is -2.04. The Kier molecular flexibility index (Phi) is 7.91. The first kappa shape index (κ1) is 16.3. The lowest BCUT2D eigenvalue weighted by Gasteiger charge is -2.15. The van der Waals surface area contributed by atoms with E-state index >= 15 is 0 Å². The summed E-state index contributed by atoms with van der Waals surface area (Å²) in [5.74, 6) is 1.56. The van der Waals surface area contributed by atoms with E-state index < -0.39 is 0 Å². The molecule has 108 valence electrons. The summed E-state index contributed by atoms with van der Waals surface area (Å²) in [6.45, 7) is 6.01. The third-order valence-electron chi connectivity index (χ3n) is 2.85. The summed E-state index contributed by atoms with van der Waals surface area (Å²) >= 11 is 3.53. The van der Waals surface area contributed by atoms with Crippen LogP contribution in [0.5, 0.6) is 11.5 Å². The molecule has 0 aliphatic rings. The summed E-state index contributed by atoms with van der Waals surface area (Å²) in [6.07, 6.45) is 4.78. The molecule has 0 radical (unpaired) electrons.